The Hall–Kier alpha value is -2.87. The maximum Gasteiger partial charge on any atom is 0.308 e. The Morgan fingerprint density at radius 2 is 1.81 bits per heavy atom. The van der Waals surface area contributed by atoms with Gasteiger partial charge in [-0.1, -0.05) is 15.9 Å². The van der Waals surface area contributed by atoms with Gasteiger partial charge < -0.3 is 14.2 Å². The van der Waals surface area contributed by atoms with Gasteiger partial charge in [0.1, 0.15) is 0 Å². The van der Waals surface area contributed by atoms with Gasteiger partial charge in [-0.3, -0.25) is 9.59 Å². The van der Waals surface area contributed by atoms with E-state index in [0.29, 0.717) is 17.2 Å². The summed E-state index contributed by atoms with van der Waals surface area (Å²) in [5.41, 5.74) is 1.38. The highest BCUT2D eigenvalue weighted by Gasteiger charge is 2.33. The highest BCUT2D eigenvalue weighted by Crippen LogP contribution is 2.36. The molecule has 0 aromatic heterocycles. The molecular formula is C19H17BrN2O5. The van der Waals surface area contributed by atoms with E-state index in [0.717, 1.165) is 10.0 Å². The number of hydrogen-bond donors (Lipinski definition) is 0. The Balaban J connectivity index is 1.93. The van der Waals surface area contributed by atoms with E-state index in [2.05, 4.69) is 21.0 Å². The lowest BCUT2D eigenvalue weighted by molar-refractivity contribution is -0.135. The molecule has 1 amide bonds. The number of hydrazone groups is 1. The Bertz CT molecular complexity index is 911. The molecule has 1 atom stereocenters. The van der Waals surface area contributed by atoms with E-state index in [1.807, 2.05) is 24.3 Å². The standard InChI is InChI=1S/C19H17BrN2O5/c1-11(23)22-19(27-18(21-22)13-4-7-15(20)8-5-13)14-6-9-16(26-12(2)24)17(10-14)25-3/h4-10,19H,1-3H3/t19-/m1/s1. The quantitative estimate of drug-likeness (QED) is 0.544. The summed E-state index contributed by atoms with van der Waals surface area (Å²) >= 11 is 3.38. The molecule has 140 valence electrons. The van der Waals surface area contributed by atoms with E-state index in [1.165, 1.54) is 26.0 Å². The second-order valence-corrected chi connectivity index (χ2v) is 6.67. The van der Waals surface area contributed by atoms with Crippen molar-refractivity contribution < 1.29 is 23.8 Å². The number of benzene rings is 2. The largest absolute Gasteiger partial charge is 0.493 e. The molecule has 0 bridgehead atoms. The average Bonchev–Trinajstić information content (AvgIpc) is 3.08. The topological polar surface area (TPSA) is 77.4 Å². The first kappa shape index (κ1) is 18.9. The van der Waals surface area contributed by atoms with Gasteiger partial charge in [-0.2, -0.15) is 5.01 Å². The lowest BCUT2D eigenvalue weighted by Crippen LogP contribution is -2.25. The minimum absolute atomic E-state index is 0.268. The van der Waals surface area contributed by atoms with Crippen LogP contribution in [0.15, 0.2) is 52.0 Å². The van der Waals surface area contributed by atoms with Crippen LogP contribution in [0.5, 0.6) is 11.5 Å². The van der Waals surface area contributed by atoms with Crippen molar-refractivity contribution in [2.75, 3.05) is 7.11 Å². The first-order chi connectivity index (χ1) is 12.9. The van der Waals surface area contributed by atoms with E-state index in [4.69, 9.17) is 14.2 Å². The van der Waals surface area contributed by atoms with Gasteiger partial charge in [-0.25, -0.2) is 0 Å². The Morgan fingerprint density at radius 3 is 2.41 bits per heavy atom. The third-order valence-corrected chi connectivity index (χ3v) is 4.31. The fraction of sp³-hybridized carbons (Fsp3) is 0.211. The predicted octanol–water partition coefficient (Wildman–Crippen LogP) is 3.62. The molecule has 7 nitrogen and oxygen atoms in total. The van der Waals surface area contributed by atoms with Crippen LogP contribution in [0.2, 0.25) is 0 Å². The van der Waals surface area contributed by atoms with Crippen molar-refractivity contribution in [3.63, 3.8) is 0 Å². The molecule has 0 unspecified atom stereocenters. The first-order valence-electron chi connectivity index (χ1n) is 8.06. The van der Waals surface area contributed by atoms with Crippen molar-refractivity contribution >= 4 is 33.7 Å². The second kappa shape index (κ2) is 7.79. The average molecular weight is 433 g/mol. The number of methoxy groups -OCH3 is 1. The van der Waals surface area contributed by atoms with Gasteiger partial charge in [0.25, 0.3) is 0 Å². The van der Waals surface area contributed by atoms with E-state index in [-0.39, 0.29) is 11.7 Å². The Morgan fingerprint density at radius 1 is 1.11 bits per heavy atom. The number of rotatable bonds is 4. The van der Waals surface area contributed by atoms with Crippen molar-refractivity contribution in [3.05, 3.63) is 58.1 Å². The number of halogens is 1. The molecule has 0 N–H and O–H groups in total. The number of amides is 1. The normalized spacial score (nSPS) is 15.8. The third-order valence-electron chi connectivity index (χ3n) is 3.78. The molecule has 0 radical (unpaired) electrons. The SMILES string of the molecule is COc1cc([C@H]2OC(c3ccc(Br)cc3)=NN2C(C)=O)ccc1OC(C)=O. The summed E-state index contributed by atoms with van der Waals surface area (Å²) in [6.45, 7) is 2.72. The summed E-state index contributed by atoms with van der Waals surface area (Å²) in [5, 5.41) is 5.57. The molecule has 2 aromatic carbocycles. The van der Waals surface area contributed by atoms with Crippen LogP contribution in [-0.2, 0) is 14.3 Å². The van der Waals surface area contributed by atoms with Gasteiger partial charge >= 0.3 is 5.97 Å². The number of esters is 1. The Labute approximate surface area is 164 Å². The first-order valence-corrected chi connectivity index (χ1v) is 8.85. The highest BCUT2D eigenvalue weighted by molar-refractivity contribution is 9.10. The van der Waals surface area contributed by atoms with Crippen LogP contribution in [0.1, 0.15) is 31.2 Å². The zero-order valence-corrected chi connectivity index (χ0v) is 16.5. The van der Waals surface area contributed by atoms with Crippen LogP contribution in [0.4, 0.5) is 0 Å². The molecule has 1 aliphatic heterocycles. The summed E-state index contributed by atoms with van der Waals surface area (Å²) in [6, 6.07) is 12.4. The lowest BCUT2D eigenvalue weighted by atomic mass is 10.1. The van der Waals surface area contributed by atoms with Crippen LogP contribution in [0.3, 0.4) is 0 Å². The third kappa shape index (κ3) is 4.11. The molecule has 3 rings (SSSR count). The summed E-state index contributed by atoms with van der Waals surface area (Å²) in [4.78, 5) is 23.3. The lowest BCUT2D eigenvalue weighted by Gasteiger charge is -2.20. The number of carbonyl (C=O) groups is 2. The van der Waals surface area contributed by atoms with E-state index >= 15 is 0 Å². The summed E-state index contributed by atoms with van der Waals surface area (Å²) < 4.78 is 17.3. The molecule has 0 aliphatic carbocycles. The summed E-state index contributed by atoms with van der Waals surface area (Å²) in [6.07, 6.45) is -0.749. The minimum atomic E-state index is -0.749. The summed E-state index contributed by atoms with van der Waals surface area (Å²) in [7, 11) is 1.47. The molecule has 1 aliphatic rings. The highest BCUT2D eigenvalue weighted by atomic mass is 79.9. The molecule has 8 heteroatoms. The zero-order valence-electron chi connectivity index (χ0n) is 14.9. The van der Waals surface area contributed by atoms with Gasteiger partial charge in [0.05, 0.1) is 7.11 Å². The van der Waals surface area contributed by atoms with Crippen molar-refractivity contribution in [1.82, 2.24) is 5.01 Å². The second-order valence-electron chi connectivity index (χ2n) is 5.75. The fourth-order valence-corrected chi connectivity index (χ4v) is 2.83. The monoisotopic (exact) mass is 432 g/mol. The molecule has 1 heterocycles. The Kier molecular flexibility index (Phi) is 5.46. The van der Waals surface area contributed by atoms with Gasteiger partial charge in [-0.15, -0.1) is 5.10 Å². The van der Waals surface area contributed by atoms with Crippen molar-refractivity contribution in [1.29, 1.82) is 0 Å². The van der Waals surface area contributed by atoms with Gasteiger partial charge in [0.2, 0.25) is 18.0 Å². The van der Waals surface area contributed by atoms with E-state index in [9.17, 15) is 9.59 Å². The van der Waals surface area contributed by atoms with Crippen LogP contribution in [0, 0.1) is 0 Å². The van der Waals surface area contributed by atoms with E-state index in [1.54, 1.807) is 18.2 Å². The number of nitrogens with zero attached hydrogens (tertiary/aromatic N) is 2. The molecule has 27 heavy (non-hydrogen) atoms. The smallest absolute Gasteiger partial charge is 0.308 e. The zero-order chi connectivity index (χ0) is 19.6. The number of ether oxygens (including phenoxy) is 3. The molecular weight excluding hydrogens is 416 g/mol. The fourth-order valence-electron chi connectivity index (χ4n) is 2.57. The summed E-state index contributed by atoms with van der Waals surface area (Å²) in [5.74, 6) is 0.257. The van der Waals surface area contributed by atoms with Gasteiger partial charge in [0, 0.05) is 29.4 Å². The number of carbonyl (C=O) groups excluding carboxylic acids is 2. The maximum absolute atomic E-state index is 12.1. The molecule has 0 saturated carbocycles. The van der Waals surface area contributed by atoms with Crippen molar-refractivity contribution in [2.24, 2.45) is 5.10 Å². The van der Waals surface area contributed by atoms with E-state index < -0.39 is 12.2 Å². The van der Waals surface area contributed by atoms with Gasteiger partial charge in [-0.05, 0) is 42.5 Å². The maximum atomic E-state index is 12.1. The molecule has 0 saturated heterocycles. The molecule has 0 spiro atoms. The van der Waals surface area contributed by atoms with Crippen molar-refractivity contribution in [2.45, 2.75) is 20.1 Å². The number of hydrogen-bond acceptors (Lipinski definition) is 6. The van der Waals surface area contributed by atoms with Gasteiger partial charge in [0.15, 0.2) is 11.5 Å². The molecule has 0 fully saturated rings. The predicted molar refractivity (Wildman–Crippen MR) is 101 cm³/mol. The van der Waals surface area contributed by atoms with Crippen LogP contribution in [0.25, 0.3) is 0 Å². The minimum Gasteiger partial charge on any atom is -0.493 e. The van der Waals surface area contributed by atoms with Crippen LogP contribution in [-0.4, -0.2) is 29.9 Å². The van der Waals surface area contributed by atoms with Crippen molar-refractivity contribution in [3.8, 4) is 11.5 Å². The molecule has 2 aromatic rings. The van der Waals surface area contributed by atoms with Crippen LogP contribution < -0.4 is 9.47 Å². The van der Waals surface area contributed by atoms with Crippen LogP contribution >= 0.6 is 15.9 Å².